The molecule has 21 heavy (non-hydrogen) atoms. The van der Waals surface area contributed by atoms with Crippen molar-refractivity contribution in [2.75, 3.05) is 6.61 Å². The lowest BCUT2D eigenvalue weighted by atomic mass is 10.2. The van der Waals surface area contributed by atoms with E-state index in [-0.39, 0.29) is 17.9 Å². The summed E-state index contributed by atoms with van der Waals surface area (Å²) in [6.45, 7) is 5.28. The van der Waals surface area contributed by atoms with E-state index in [1.54, 1.807) is 32.9 Å². The van der Waals surface area contributed by atoms with Crippen molar-refractivity contribution in [2.45, 2.75) is 32.6 Å². The summed E-state index contributed by atoms with van der Waals surface area (Å²) in [5.41, 5.74) is -0.660. The topological polar surface area (TPSA) is 94.1 Å². The zero-order valence-electron chi connectivity index (χ0n) is 12.0. The van der Waals surface area contributed by atoms with Crippen molar-refractivity contribution < 1.29 is 28.9 Å². The van der Waals surface area contributed by atoms with Crippen molar-refractivity contribution >= 4 is 12.1 Å². The van der Waals surface area contributed by atoms with Crippen LogP contribution in [0.15, 0.2) is 18.2 Å². The maximum Gasteiger partial charge on any atom is 0.410 e. The van der Waals surface area contributed by atoms with Gasteiger partial charge >= 0.3 is 12.1 Å². The van der Waals surface area contributed by atoms with Crippen molar-refractivity contribution in [1.82, 2.24) is 5.32 Å². The van der Waals surface area contributed by atoms with Gasteiger partial charge in [-0.25, -0.2) is 9.59 Å². The number of hydrogen-bond donors (Lipinski definition) is 2. The summed E-state index contributed by atoms with van der Waals surface area (Å²) in [6, 6.07) is 4.57. The number of amides is 1. The predicted molar refractivity (Wildman–Crippen MR) is 72.7 cm³/mol. The number of carbonyl (C=O) groups excluding carboxylic acids is 1. The number of aromatic carboxylic acids is 1. The van der Waals surface area contributed by atoms with Gasteiger partial charge in [0.1, 0.15) is 17.8 Å². The molecule has 0 spiro atoms. The smallest absolute Gasteiger partial charge is 0.410 e. The predicted octanol–water partition coefficient (Wildman–Crippen LogP) is 2.01. The summed E-state index contributed by atoms with van der Waals surface area (Å²) in [5, 5.41) is 11.6. The standard InChI is InChI=1S/C14H17NO6/c1-14(2,3)21-13(18)15-10-7-19-9-6-4-5-8(12(16)17)11(9)20-10/h4-6,10H,7H2,1-3H3,(H,15,18)(H,16,17). The van der Waals surface area contributed by atoms with Crippen LogP contribution in [0, 0.1) is 0 Å². The van der Waals surface area contributed by atoms with Crippen LogP contribution < -0.4 is 14.8 Å². The van der Waals surface area contributed by atoms with E-state index in [1.165, 1.54) is 6.07 Å². The second kappa shape index (κ2) is 5.51. The molecule has 0 fully saturated rings. The van der Waals surface area contributed by atoms with Crippen LogP contribution in [-0.4, -0.2) is 35.6 Å². The van der Waals surface area contributed by atoms with Crippen LogP contribution in [0.5, 0.6) is 11.5 Å². The van der Waals surface area contributed by atoms with E-state index in [1.807, 2.05) is 0 Å². The Morgan fingerprint density at radius 1 is 1.38 bits per heavy atom. The maximum absolute atomic E-state index is 11.7. The summed E-state index contributed by atoms with van der Waals surface area (Å²) < 4.78 is 16.0. The molecule has 1 amide bonds. The molecular weight excluding hydrogens is 278 g/mol. The zero-order chi connectivity index (χ0) is 15.6. The second-order valence-electron chi connectivity index (χ2n) is 5.50. The number of nitrogens with one attached hydrogen (secondary N) is 1. The van der Waals surface area contributed by atoms with Crippen LogP contribution >= 0.6 is 0 Å². The molecule has 2 rings (SSSR count). The first kappa shape index (κ1) is 15.0. The number of para-hydroxylation sites is 1. The number of carboxylic acid groups (broad SMARTS) is 1. The van der Waals surface area contributed by atoms with Crippen LogP contribution in [0.2, 0.25) is 0 Å². The molecule has 0 saturated heterocycles. The van der Waals surface area contributed by atoms with Gasteiger partial charge in [-0.2, -0.15) is 0 Å². The number of rotatable bonds is 2. The van der Waals surface area contributed by atoms with Crippen LogP contribution in [-0.2, 0) is 4.74 Å². The van der Waals surface area contributed by atoms with Gasteiger partial charge in [-0.3, -0.25) is 5.32 Å². The molecule has 1 heterocycles. The Kier molecular flexibility index (Phi) is 3.93. The van der Waals surface area contributed by atoms with E-state index >= 15 is 0 Å². The minimum atomic E-state index is -1.13. The summed E-state index contributed by atoms with van der Waals surface area (Å²) >= 11 is 0. The van der Waals surface area contributed by atoms with Gasteiger partial charge in [0.25, 0.3) is 0 Å². The lowest BCUT2D eigenvalue weighted by Crippen LogP contribution is -2.47. The van der Waals surface area contributed by atoms with E-state index in [4.69, 9.17) is 19.3 Å². The van der Waals surface area contributed by atoms with Gasteiger partial charge in [-0.15, -0.1) is 0 Å². The lowest BCUT2D eigenvalue weighted by Gasteiger charge is -2.28. The normalized spacial score (nSPS) is 17.0. The largest absolute Gasteiger partial charge is 0.484 e. The molecule has 0 aromatic heterocycles. The number of carbonyl (C=O) groups is 2. The third-order valence-corrected chi connectivity index (χ3v) is 2.54. The molecule has 1 atom stereocenters. The van der Waals surface area contributed by atoms with Gasteiger partial charge in [0.05, 0.1) is 0 Å². The van der Waals surface area contributed by atoms with Crippen LogP contribution in [0.3, 0.4) is 0 Å². The Bertz CT molecular complexity index is 563. The van der Waals surface area contributed by atoms with Crippen LogP contribution in [0.4, 0.5) is 4.79 Å². The molecule has 0 bridgehead atoms. The Morgan fingerprint density at radius 3 is 2.71 bits per heavy atom. The van der Waals surface area contributed by atoms with E-state index in [9.17, 15) is 9.59 Å². The Morgan fingerprint density at radius 2 is 2.10 bits per heavy atom. The molecule has 1 aliphatic heterocycles. The van der Waals surface area contributed by atoms with Crippen LogP contribution in [0.25, 0.3) is 0 Å². The van der Waals surface area contributed by atoms with Crippen molar-refractivity contribution in [3.05, 3.63) is 23.8 Å². The molecule has 7 heteroatoms. The fourth-order valence-corrected chi connectivity index (χ4v) is 1.77. The van der Waals surface area contributed by atoms with E-state index < -0.39 is 23.9 Å². The van der Waals surface area contributed by atoms with Gasteiger partial charge in [-0.05, 0) is 32.9 Å². The molecule has 0 saturated carbocycles. The Balaban J connectivity index is 2.09. The quantitative estimate of drug-likeness (QED) is 0.866. The molecule has 1 aromatic rings. The highest BCUT2D eigenvalue weighted by molar-refractivity contribution is 5.92. The molecule has 114 valence electrons. The molecule has 0 aliphatic carbocycles. The van der Waals surface area contributed by atoms with Gasteiger partial charge in [0.2, 0.25) is 6.23 Å². The van der Waals surface area contributed by atoms with Crippen molar-refractivity contribution in [2.24, 2.45) is 0 Å². The summed E-state index contributed by atoms with van der Waals surface area (Å²) in [6.07, 6.45) is -1.47. The maximum atomic E-state index is 11.7. The zero-order valence-corrected chi connectivity index (χ0v) is 12.0. The van der Waals surface area contributed by atoms with Gasteiger partial charge in [0.15, 0.2) is 11.5 Å². The first-order chi connectivity index (χ1) is 9.76. The molecule has 0 radical (unpaired) electrons. The van der Waals surface area contributed by atoms with Gasteiger partial charge in [0, 0.05) is 0 Å². The number of ether oxygens (including phenoxy) is 3. The SMILES string of the molecule is CC(C)(C)OC(=O)NC1COc2cccc(C(=O)O)c2O1. The summed E-state index contributed by atoms with van der Waals surface area (Å²) in [7, 11) is 0. The molecule has 7 nitrogen and oxygen atoms in total. The molecule has 1 unspecified atom stereocenters. The third kappa shape index (κ3) is 3.77. The van der Waals surface area contributed by atoms with Crippen molar-refractivity contribution in [3.63, 3.8) is 0 Å². The molecule has 2 N–H and O–H groups in total. The second-order valence-corrected chi connectivity index (χ2v) is 5.50. The van der Waals surface area contributed by atoms with Crippen molar-refractivity contribution in [1.29, 1.82) is 0 Å². The van der Waals surface area contributed by atoms with E-state index in [0.717, 1.165) is 0 Å². The van der Waals surface area contributed by atoms with E-state index in [0.29, 0.717) is 5.75 Å². The fraction of sp³-hybridized carbons (Fsp3) is 0.429. The molecule has 1 aliphatic rings. The Labute approximate surface area is 121 Å². The number of hydrogen-bond acceptors (Lipinski definition) is 5. The first-order valence-electron chi connectivity index (χ1n) is 6.41. The van der Waals surface area contributed by atoms with Crippen LogP contribution in [0.1, 0.15) is 31.1 Å². The number of fused-ring (bicyclic) bond motifs is 1. The van der Waals surface area contributed by atoms with E-state index in [2.05, 4.69) is 5.32 Å². The summed E-state index contributed by atoms with van der Waals surface area (Å²) in [5.74, 6) is -0.706. The molecule has 1 aromatic carbocycles. The number of alkyl carbamates (subject to hydrolysis) is 1. The molecular formula is C14H17NO6. The third-order valence-electron chi connectivity index (χ3n) is 2.54. The highest BCUT2D eigenvalue weighted by atomic mass is 16.6. The van der Waals surface area contributed by atoms with Gasteiger partial charge < -0.3 is 19.3 Å². The van der Waals surface area contributed by atoms with Gasteiger partial charge in [-0.1, -0.05) is 6.07 Å². The number of benzene rings is 1. The number of carboxylic acids is 1. The minimum absolute atomic E-state index is 0.0248. The highest BCUT2D eigenvalue weighted by Gasteiger charge is 2.28. The monoisotopic (exact) mass is 295 g/mol. The average Bonchev–Trinajstić information content (AvgIpc) is 2.35. The fourth-order valence-electron chi connectivity index (χ4n) is 1.77. The summed E-state index contributed by atoms with van der Waals surface area (Å²) in [4.78, 5) is 22.8. The lowest BCUT2D eigenvalue weighted by molar-refractivity contribution is 0.0226. The highest BCUT2D eigenvalue weighted by Crippen LogP contribution is 2.34. The average molecular weight is 295 g/mol. The minimum Gasteiger partial charge on any atom is -0.484 e. The van der Waals surface area contributed by atoms with Crippen molar-refractivity contribution in [3.8, 4) is 11.5 Å². The first-order valence-corrected chi connectivity index (χ1v) is 6.41. The Hall–Kier alpha value is -2.44.